The van der Waals surface area contributed by atoms with Crippen LogP contribution in [0.3, 0.4) is 0 Å². The number of hydrogen-bond donors (Lipinski definition) is 1. The molecule has 2 aromatic carbocycles. The minimum absolute atomic E-state index is 0.245. The first-order chi connectivity index (χ1) is 14.4. The summed E-state index contributed by atoms with van der Waals surface area (Å²) >= 11 is 7.34. The first-order valence-electron chi connectivity index (χ1n) is 9.89. The smallest absolute Gasteiger partial charge is 0.269 e. The van der Waals surface area contributed by atoms with Crippen LogP contribution < -0.4 is 10.1 Å². The number of nitrogens with one attached hydrogen (secondary N) is 1. The highest BCUT2D eigenvalue weighted by Gasteiger charge is 2.31. The maximum absolute atomic E-state index is 12.7. The molecule has 0 aliphatic carbocycles. The van der Waals surface area contributed by atoms with Gasteiger partial charge in [0.25, 0.3) is 5.91 Å². The van der Waals surface area contributed by atoms with E-state index in [4.69, 9.17) is 16.3 Å². The lowest BCUT2D eigenvalue weighted by Gasteiger charge is -2.28. The van der Waals surface area contributed by atoms with Crippen LogP contribution in [0.15, 0.2) is 53.9 Å². The van der Waals surface area contributed by atoms with E-state index < -0.39 is 5.60 Å². The van der Waals surface area contributed by atoms with Crippen LogP contribution in [0.2, 0.25) is 5.02 Å². The Morgan fingerprint density at radius 1 is 1.20 bits per heavy atom. The van der Waals surface area contributed by atoms with E-state index in [2.05, 4.69) is 39.5 Å². The van der Waals surface area contributed by atoms with Crippen LogP contribution in [0, 0.1) is 0 Å². The highest BCUT2D eigenvalue weighted by molar-refractivity contribution is 7.13. The predicted molar refractivity (Wildman–Crippen MR) is 121 cm³/mol. The number of amides is 1. The summed E-state index contributed by atoms with van der Waals surface area (Å²) in [6.07, 6.45) is 1.06. The molecule has 4 rings (SSSR count). The Morgan fingerprint density at radius 3 is 2.70 bits per heavy atom. The van der Waals surface area contributed by atoms with Gasteiger partial charge in [-0.05, 0) is 55.7 Å². The SMILES string of the molecule is CC(C)(Oc1ccc(Cl)cc1)C(=O)Nc1nc(CN2CCc3ccccc3C2)cs1. The van der Waals surface area contributed by atoms with E-state index in [-0.39, 0.29) is 5.91 Å². The van der Waals surface area contributed by atoms with E-state index >= 15 is 0 Å². The third-order valence-corrected chi connectivity index (χ3v) is 6.16. The van der Waals surface area contributed by atoms with Gasteiger partial charge in [-0.3, -0.25) is 15.0 Å². The number of hydrogen-bond acceptors (Lipinski definition) is 5. The third kappa shape index (κ3) is 5.01. The zero-order valence-corrected chi connectivity index (χ0v) is 18.6. The normalized spacial score (nSPS) is 14.2. The molecule has 3 aromatic rings. The molecule has 0 radical (unpaired) electrons. The predicted octanol–water partition coefficient (Wildman–Crippen LogP) is 5.15. The third-order valence-electron chi connectivity index (χ3n) is 5.10. The lowest BCUT2D eigenvalue weighted by atomic mass is 10.00. The molecule has 7 heteroatoms. The van der Waals surface area contributed by atoms with Crippen molar-refractivity contribution in [2.24, 2.45) is 0 Å². The monoisotopic (exact) mass is 441 g/mol. The Labute approximate surface area is 185 Å². The number of carbonyl (C=O) groups excluding carboxylic acids is 1. The van der Waals surface area contributed by atoms with Gasteiger partial charge in [0.15, 0.2) is 10.7 Å². The lowest BCUT2D eigenvalue weighted by molar-refractivity contribution is -0.128. The molecular formula is C23H24ClN3O2S. The molecule has 2 heterocycles. The maximum Gasteiger partial charge on any atom is 0.269 e. The fourth-order valence-corrected chi connectivity index (χ4v) is 4.27. The summed E-state index contributed by atoms with van der Waals surface area (Å²) in [5.41, 5.74) is 2.73. The van der Waals surface area contributed by atoms with Crippen molar-refractivity contribution in [3.8, 4) is 5.75 Å². The molecule has 1 aliphatic heterocycles. The standard InChI is InChI=1S/C23H24ClN3O2S/c1-23(2,29-20-9-7-18(24)8-10-20)21(28)26-22-25-19(15-30-22)14-27-12-11-16-5-3-4-6-17(16)13-27/h3-10,15H,11-14H2,1-2H3,(H,25,26,28). The Kier molecular flexibility index (Phi) is 6.09. The molecule has 5 nitrogen and oxygen atoms in total. The highest BCUT2D eigenvalue weighted by Crippen LogP contribution is 2.25. The molecule has 0 saturated heterocycles. The van der Waals surface area contributed by atoms with Crippen molar-refractivity contribution in [2.75, 3.05) is 11.9 Å². The Balaban J connectivity index is 1.34. The molecule has 0 saturated carbocycles. The quantitative estimate of drug-likeness (QED) is 0.574. The number of aromatic nitrogens is 1. The molecule has 1 N–H and O–H groups in total. The van der Waals surface area contributed by atoms with Crippen molar-refractivity contribution in [1.29, 1.82) is 0 Å². The average molecular weight is 442 g/mol. The van der Waals surface area contributed by atoms with Gasteiger partial charge in [0, 0.05) is 30.0 Å². The summed E-state index contributed by atoms with van der Waals surface area (Å²) in [5.74, 6) is 0.343. The zero-order valence-electron chi connectivity index (χ0n) is 17.0. The second-order valence-corrected chi connectivity index (χ2v) is 9.19. The van der Waals surface area contributed by atoms with Crippen molar-refractivity contribution < 1.29 is 9.53 Å². The van der Waals surface area contributed by atoms with E-state index in [0.29, 0.717) is 15.9 Å². The van der Waals surface area contributed by atoms with Gasteiger partial charge in [-0.2, -0.15) is 0 Å². The molecule has 0 fully saturated rings. The van der Waals surface area contributed by atoms with Crippen molar-refractivity contribution in [2.45, 2.75) is 39.0 Å². The van der Waals surface area contributed by atoms with Gasteiger partial charge in [0.2, 0.25) is 0 Å². The number of ether oxygens (including phenoxy) is 1. The van der Waals surface area contributed by atoms with Crippen molar-refractivity contribution in [1.82, 2.24) is 9.88 Å². The summed E-state index contributed by atoms with van der Waals surface area (Å²) in [6, 6.07) is 15.5. The summed E-state index contributed by atoms with van der Waals surface area (Å²) in [7, 11) is 0. The number of carbonyl (C=O) groups is 1. The van der Waals surface area contributed by atoms with E-state index in [1.54, 1.807) is 38.1 Å². The maximum atomic E-state index is 12.7. The molecule has 0 unspecified atom stereocenters. The number of nitrogens with zero attached hydrogens (tertiary/aromatic N) is 2. The van der Waals surface area contributed by atoms with Crippen LogP contribution in [-0.4, -0.2) is 27.9 Å². The Bertz CT molecular complexity index is 1030. The van der Waals surface area contributed by atoms with Crippen LogP contribution in [0.1, 0.15) is 30.7 Å². The summed E-state index contributed by atoms with van der Waals surface area (Å²) in [4.78, 5) is 19.7. The number of benzene rings is 2. The Hall–Kier alpha value is -2.41. The minimum atomic E-state index is -1.05. The van der Waals surface area contributed by atoms with Crippen LogP contribution in [-0.2, 0) is 24.3 Å². The lowest BCUT2D eigenvalue weighted by Crippen LogP contribution is -2.42. The van der Waals surface area contributed by atoms with Gasteiger partial charge in [-0.25, -0.2) is 4.98 Å². The van der Waals surface area contributed by atoms with E-state index in [0.717, 1.165) is 31.7 Å². The second kappa shape index (κ2) is 8.76. The average Bonchev–Trinajstić information content (AvgIpc) is 3.16. The molecule has 1 aliphatic rings. The van der Waals surface area contributed by atoms with E-state index in [1.807, 2.05) is 5.38 Å². The van der Waals surface area contributed by atoms with E-state index in [1.165, 1.54) is 22.5 Å². The van der Waals surface area contributed by atoms with Crippen molar-refractivity contribution in [3.63, 3.8) is 0 Å². The molecule has 30 heavy (non-hydrogen) atoms. The van der Waals surface area contributed by atoms with Gasteiger partial charge in [-0.1, -0.05) is 35.9 Å². The molecule has 0 bridgehead atoms. The van der Waals surface area contributed by atoms with Crippen molar-refractivity contribution in [3.05, 3.63) is 75.8 Å². The molecule has 1 amide bonds. The second-order valence-electron chi connectivity index (χ2n) is 7.89. The number of anilines is 1. The van der Waals surface area contributed by atoms with E-state index in [9.17, 15) is 4.79 Å². The number of halogens is 1. The highest BCUT2D eigenvalue weighted by atomic mass is 35.5. The fraction of sp³-hybridized carbons (Fsp3) is 0.304. The van der Waals surface area contributed by atoms with Gasteiger partial charge in [0.1, 0.15) is 5.75 Å². The first kappa shape index (κ1) is 20.8. The number of fused-ring (bicyclic) bond motifs is 1. The number of thiazole rings is 1. The first-order valence-corrected chi connectivity index (χ1v) is 11.1. The molecule has 0 spiro atoms. The minimum Gasteiger partial charge on any atom is -0.478 e. The summed E-state index contributed by atoms with van der Waals surface area (Å²) in [5, 5.41) is 6.09. The summed E-state index contributed by atoms with van der Waals surface area (Å²) in [6.45, 7) is 6.17. The molecule has 1 aromatic heterocycles. The van der Waals surface area contributed by atoms with Gasteiger partial charge in [0.05, 0.1) is 5.69 Å². The van der Waals surface area contributed by atoms with Crippen LogP contribution in [0.4, 0.5) is 5.13 Å². The van der Waals surface area contributed by atoms with Gasteiger partial charge in [-0.15, -0.1) is 11.3 Å². The topological polar surface area (TPSA) is 54.5 Å². The fourth-order valence-electron chi connectivity index (χ4n) is 3.45. The van der Waals surface area contributed by atoms with Crippen molar-refractivity contribution >= 4 is 34.0 Å². The van der Waals surface area contributed by atoms with Crippen LogP contribution >= 0.6 is 22.9 Å². The van der Waals surface area contributed by atoms with Gasteiger partial charge >= 0.3 is 0 Å². The summed E-state index contributed by atoms with van der Waals surface area (Å²) < 4.78 is 5.85. The van der Waals surface area contributed by atoms with Crippen LogP contribution in [0.25, 0.3) is 0 Å². The molecule has 156 valence electrons. The molecule has 0 atom stereocenters. The number of rotatable bonds is 6. The zero-order chi connectivity index (χ0) is 21.1. The molecular weight excluding hydrogens is 418 g/mol. The van der Waals surface area contributed by atoms with Gasteiger partial charge < -0.3 is 4.74 Å². The largest absolute Gasteiger partial charge is 0.478 e. The van der Waals surface area contributed by atoms with Crippen LogP contribution in [0.5, 0.6) is 5.75 Å². The Morgan fingerprint density at radius 2 is 1.93 bits per heavy atom.